The van der Waals surface area contributed by atoms with Crippen molar-refractivity contribution in [1.29, 1.82) is 0 Å². The molecule has 1 unspecified atom stereocenters. The Hall–Kier alpha value is -0.760. The molecule has 1 saturated heterocycles. The average Bonchev–Trinajstić information content (AvgIpc) is 2.66. The molecule has 2 rings (SSSR count). The second kappa shape index (κ2) is 5.36. The first-order valence-electron chi connectivity index (χ1n) is 5.50. The molecule has 1 heterocycles. The van der Waals surface area contributed by atoms with Crippen LogP contribution in [0.1, 0.15) is 18.4 Å². The first-order valence-corrected chi connectivity index (χ1v) is 6.66. The van der Waals surface area contributed by atoms with E-state index in [-0.39, 0.29) is 0 Å². The zero-order valence-electron chi connectivity index (χ0n) is 8.82. The fourth-order valence-electron chi connectivity index (χ4n) is 1.95. The van der Waals surface area contributed by atoms with Gasteiger partial charge < -0.3 is 0 Å². The Morgan fingerprint density at radius 3 is 2.73 bits per heavy atom. The Morgan fingerprint density at radius 2 is 2.07 bits per heavy atom. The van der Waals surface area contributed by atoms with Gasteiger partial charge in [0.05, 0.1) is 5.75 Å². The van der Waals surface area contributed by atoms with Crippen LogP contribution in [0.4, 0.5) is 0 Å². The highest BCUT2D eigenvalue weighted by atomic mass is 32.2. The van der Waals surface area contributed by atoms with Gasteiger partial charge in [0.15, 0.2) is 0 Å². The van der Waals surface area contributed by atoms with Crippen molar-refractivity contribution < 1.29 is 4.79 Å². The highest BCUT2D eigenvalue weighted by Crippen LogP contribution is 2.24. The summed E-state index contributed by atoms with van der Waals surface area (Å²) in [6.45, 7) is 0. The maximum absolute atomic E-state index is 11.4. The highest BCUT2D eigenvalue weighted by Gasteiger charge is 2.23. The van der Waals surface area contributed by atoms with Crippen LogP contribution in [-0.2, 0) is 11.2 Å². The van der Waals surface area contributed by atoms with Gasteiger partial charge in [0.2, 0.25) is 0 Å². The Kier molecular flexibility index (Phi) is 3.84. The van der Waals surface area contributed by atoms with Crippen molar-refractivity contribution in [3.8, 4) is 0 Å². The predicted octanol–water partition coefficient (Wildman–Crippen LogP) is 2.94. The zero-order valence-corrected chi connectivity index (χ0v) is 9.63. The second-order valence-electron chi connectivity index (χ2n) is 4.06. The van der Waals surface area contributed by atoms with Crippen molar-refractivity contribution in [3.63, 3.8) is 0 Å². The summed E-state index contributed by atoms with van der Waals surface area (Å²) in [7, 11) is 0. The molecule has 0 radical (unpaired) electrons. The van der Waals surface area contributed by atoms with E-state index in [0.717, 1.165) is 30.8 Å². The first-order chi connectivity index (χ1) is 7.36. The highest BCUT2D eigenvalue weighted by molar-refractivity contribution is 8.00. The number of aryl methyl sites for hydroxylation is 1. The molecule has 1 aromatic carbocycles. The van der Waals surface area contributed by atoms with Crippen LogP contribution in [0, 0.1) is 5.92 Å². The molecular formula is C13H16OS. The molecule has 0 amide bonds. The molecule has 0 aromatic heterocycles. The Labute approximate surface area is 95.3 Å². The van der Waals surface area contributed by atoms with Gasteiger partial charge in [0.1, 0.15) is 5.78 Å². The predicted molar refractivity (Wildman–Crippen MR) is 65.2 cm³/mol. The molecule has 2 heteroatoms. The maximum Gasteiger partial charge on any atom is 0.146 e. The van der Waals surface area contributed by atoms with Gasteiger partial charge in [0, 0.05) is 11.7 Å². The first kappa shape index (κ1) is 10.7. The number of ketones is 1. The van der Waals surface area contributed by atoms with Crippen LogP contribution in [0.25, 0.3) is 0 Å². The molecule has 0 bridgehead atoms. The third-order valence-electron chi connectivity index (χ3n) is 2.88. The molecule has 1 atom stereocenters. The summed E-state index contributed by atoms with van der Waals surface area (Å²) < 4.78 is 0. The monoisotopic (exact) mass is 220 g/mol. The number of hydrogen-bond acceptors (Lipinski definition) is 2. The van der Waals surface area contributed by atoms with Gasteiger partial charge in [0.25, 0.3) is 0 Å². The van der Waals surface area contributed by atoms with Crippen LogP contribution in [0.2, 0.25) is 0 Å². The van der Waals surface area contributed by atoms with E-state index in [9.17, 15) is 4.79 Å². The van der Waals surface area contributed by atoms with Gasteiger partial charge in [-0.15, -0.1) is 0 Å². The number of benzene rings is 1. The molecule has 0 N–H and O–H groups in total. The minimum absolute atomic E-state index is 0.346. The summed E-state index contributed by atoms with van der Waals surface area (Å²) in [6.07, 6.45) is 3.32. The molecule has 1 aliphatic rings. The lowest BCUT2D eigenvalue weighted by Crippen LogP contribution is -2.11. The molecule has 0 spiro atoms. The van der Waals surface area contributed by atoms with Crippen LogP contribution in [-0.4, -0.2) is 17.3 Å². The van der Waals surface area contributed by atoms with Crippen LogP contribution in [0.5, 0.6) is 0 Å². The molecule has 0 saturated carbocycles. The van der Waals surface area contributed by atoms with Crippen molar-refractivity contribution in [2.45, 2.75) is 19.3 Å². The Balaban J connectivity index is 1.73. The fourth-order valence-corrected chi connectivity index (χ4v) is 3.15. The van der Waals surface area contributed by atoms with Crippen LogP contribution >= 0.6 is 11.8 Å². The smallest absolute Gasteiger partial charge is 0.146 e. The maximum atomic E-state index is 11.4. The molecule has 15 heavy (non-hydrogen) atoms. The van der Waals surface area contributed by atoms with E-state index in [0.29, 0.717) is 11.7 Å². The summed E-state index contributed by atoms with van der Waals surface area (Å²) in [4.78, 5) is 11.4. The van der Waals surface area contributed by atoms with Crippen molar-refractivity contribution >= 4 is 17.5 Å². The van der Waals surface area contributed by atoms with E-state index < -0.39 is 0 Å². The van der Waals surface area contributed by atoms with E-state index in [1.807, 2.05) is 6.07 Å². The van der Waals surface area contributed by atoms with Crippen molar-refractivity contribution in [2.24, 2.45) is 5.92 Å². The number of Topliss-reactive ketones (excluding diaryl/α,β-unsaturated/α-hetero) is 1. The summed E-state index contributed by atoms with van der Waals surface area (Å²) in [5.74, 6) is 2.61. The van der Waals surface area contributed by atoms with Gasteiger partial charge in [-0.1, -0.05) is 30.3 Å². The quantitative estimate of drug-likeness (QED) is 0.776. The average molecular weight is 220 g/mol. The molecule has 1 aromatic rings. The molecule has 1 fully saturated rings. The molecular weight excluding hydrogens is 204 g/mol. The number of thioether (sulfide) groups is 1. The second-order valence-corrected chi connectivity index (χ2v) is 5.09. The van der Waals surface area contributed by atoms with E-state index in [4.69, 9.17) is 0 Å². The summed E-state index contributed by atoms with van der Waals surface area (Å²) in [5.41, 5.74) is 1.38. The largest absolute Gasteiger partial charge is 0.298 e. The minimum atomic E-state index is 0.346. The topological polar surface area (TPSA) is 17.1 Å². The number of carbonyl (C=O) groups is 1. The summed E-state index contributed by atoms with van der Waals surface area (Å²) in [6, 6.07) is 10.5. The van der Waals surface area contributed by atoms with Gasteiger partial charge in [-0.3, -0.25) is 4.79 Å². The molecule has 1 nitrogen and oxygen atoms in total. The van der Waals surface area contributed by atoms with E-state index in [2.05, 4.69) is 24.3 Å². The third kappa shape index (κ3) is 3.10. The third-order valence-corrected chi connectivity index (χ3v) is 4.01. The lowest BCUT2D eigenvalue weighted by Gasteiger charge is -2.06. The van der Waals surface area contributed by atoms with Gasteiger partial charge in [-0.25, -0.2) is 0 Å². The standard InChI is InChI=1S/C13H16OS/c14-13-10-15-9-12(13)8-4-7-11-5-2-1-3-6-11/h1-3,5-6,12H,4,7-10H2. The fraction of sp³-hybridized carbons (Fsp3) is 0.462. The molecule has 1 aliphatic heterocycles. The molecule has 0 aliphatic carbocycles. The van der Waals surface area contributed by atoms with E-state index in [1.54, 1.807) is 11.8 Å². The van der Waals surface area contributed by atoms with Gasteiger partial charge in [-0.2, -0.15) is 11.8 Å². The number of hydrogen-bond donors (Lipinski definition) is 0. The van der Waals surface area contributed by atoms with Crippen LogP contribution in [0.15, 0.2) is 30.3 Å². The number of carbonyl (C=O) groups excluding carboxylic acids is 1. The lowest BCUT2D eigenvalue weighted by molar-refractivity contribution is -0.119. The normalized spacial score (nSPS) is 20.8. The van der Waals surface area contributed by atoms with E-state index >= 15 is 0 Å². The van der Waals surface area contributed by atoms with Crippen molar-refractivity contribution in [1.82, 2.24) is 0 Å². The minimum Gasteiger partial charge on any atom is -0.298 e. The van der Waals surface area contributed by atoms with Crippen LogP contribution in [0.3, 0.4) is 0 Å². The Bertz CT molecular complexity index is 321. The Morgan fingerprint density at radius 1 is 1.27 bits per heavy atom. The SMILES string of the molecule is O=C1CSCC1CCCc1ccccc1. The van der Waals surface area contributed by atoms with Gasteiger partial charge in [-0.05, 0) is 24.8 Å². The summed E-state index contributed by atoms with van der Waals surface area (Å²) in [5, 5.41) is 0. The van der Waals surface area contributed by atoms with Crippen LogP contribution < -0.4 is 0 Å². The van der Waals surface area contributed by atoms with Gasteiger partial charge >= 0.3 is 0 Å². The van der Waals surface area contributed by atoms with Crippen molar-refractivity contribution in [3.05, 3.63) is 35.9 Å². The number of rotatable bonds is 4. The zero-order chi connectivity index (χ0) is 10.5. The van der Waals surface area contributed by atoms with Crippen molar-refractivity contribution in [2.75, 3.05) is 11.5 Å². The molecule has 80 valence electrons. The van der Waals surface area contributed by atoms with E-state index in [1.165, 1.54) is 5.56 Å². The summed E-state index contributed by atoms with van der Waals surface area (Å²) >= 11 is 1.79. The lowest BCUT2D eigenvalue weighted by atomic mass is 9.98.